The Bertz CT molecular complexity index is 481. The lowest BCUT2D eigenvalue weighted by molar-refractivity contribution is -0.137. The van der Waals surface area contributed by atoms with Gasteiger partial charge >= 0.3 is 0 Å². The van der Waals surface area contributed by atoms with Gasteiger partial charge in [0.15, 0.2) is 0 Å². The zero-order chi connectivity index (χ0) is 13.4. The normalized spacial score (nSPS) is 23.2. The van der Waals surface area contributed by atoms with Crippen molar-refractivity contribution < 1.29 is 9.53 Å². The van der Waals surface area contributed by atoms with Gasteiger partial charge in [-0.2, -0.15) is 0 Å². The molecule has 3 rings (SSSR count). The average Bonchev–Trinajstić information content (AvgIpc) is 3.29. The Labute approximate surface area is 114 Å². The number of nitrogens with zero attached hydrogens (tertiary/aromatic N) is 1. The predicted molar refractivity (Wildman–Crippen MR) is 74.1 cm³/mol. The highest BCUT2D eigenvalue weighted by Gasteiger charge is 2.35. The van der Waals surface area contributed by atoms with E-state index in [4.69, 9.17) is 4.74 Å². The minimum Gasteiger partial charge on any atom is -0.492 e. The molecule has 102 valence electrons. The van der Waals surface area contributed by atoms with E-state index in [0.29, 0.717) is 18.6 Å². The zero-order valence-corrected chi connectivity index (χ0v) is 11.6. The Hall–Kier alpha value is -1.51. The number of ether oxygens (including phenoxy) is 1. The molecule has 1 fully saturated rings. The minimum absolute atomic E-state index is 0.0268. The Morgan fingerprint density at radius 2 is 2.11 bits per heavy atom. The van der Waals surface area contributed by atoms with E-state index in [1.807, 2.05) is 30.1 Å². The first-order valence-corrected chi connectivity index (χ1v) is 7.14. The van der Waals surface area contributed by atoms with Crippen molar-refractivity contribution in [3.63, 3.8) is 0 Å². The van der Waals surface area contributed by atoms with Crippen LogP contribution < -0.4 is 4.74 Å². The molecule has 2 aliphatic rings. The van der Waals surface area contributed by atoms with Crippen LogP contribution in [-0.2, 0) is 11.2 Å². The molecule has 0 unspecified atom stereocenters. The summed E-state index contributed by atoms with van der Waals surface area (Å²) in [5.41, 5.74) is 1.15. The van der Waals surface area contributed by atoms with Crippen LogP contribution in [-0.4, -0.2) is 30.5 Å². The molecule has 1 saturated carbocycles. The fourth-order valence-corrected chi connectivity index (χ4v) is 2.87. The number of rotatable bonds is 3. The van der Waals surface area contributed by atoms with Gasteiger partial charge in [0.25, 0.3) is 0 Å². The minimum atomic E-state index is -0.0268. The van der Waals surface area contributed by atoms with Crippen LogP contribution in [0.1, 0.15) is 25.3 Å². The van der Waals surface area contributed by atoms with E-state index >= 15 is 0 Å². The summed E-state index contributed by atoms with van der Waals surface area (Å²) in [5.74, 6) is 1.85. The van der Waals surface area contributed by atoms with Crippen molar-refractivity contribution >= 4 is 5.91 Å². The molecule has 1 aliphatic carbocycles. The lowest BCUT2D eigenvalue weighted by Crippen LogP contribution is -2.43. The number of para-hydroxylation sites is 1. The quantitative estimate of drug-likeness (QED) is 0.834. The van der Waals surface area contributed by atoms with Crippen molar-refractivity contribution in [1.29, 1.82) is 0 Å². The van der Waals surface area contributed by atoms with E-state index in [1.54, 1.807) is 0 Å². The van der Waals surface area contributed by atoms with Crippen LogP contribution in [0.4, 0.5) is 0 Å². The smallest absolute Gasteiger partial charge is 0.229 e. The lowest BCUT2D eigenvalue weighted by atomic mass is 9.95. The third kappa shape index (κ3) is 2.46. The van der Waals surface area contributed by atoms with Crippen LogP contribution in [0.25, 0.3) is 0 Å². The fraction of sp³-hybridized carbons (Fsp3) is 0.562. The van der Waals surface area contributed by atoms with Crippen LogP contribution in [0.3, 0.4) is 0 Å². The number of hydrogen-bond acceptors (Lipinski definition) is 2. The van der Waals surface area contributed by atoms with Crippen LogP contribution in [0.15, 0.2) is 24.3 Å². The summed E-state index contributed by atoms with van der Waals surface area (Å²) in [6, 6.07) is 8.38. The molecule has 0 aromatic heterocycles. The van der Waals surface area contributed by atoms with Crippen LogP contribution >= 0.6 is 0 Å². The molecule has 1 heterocycles. The second-order valence-corrected chi connectivity index (χ2v) is 5.85. The molecule has 1 amide bonds. The van der Waals surface area contributed by atoms with Crippen molar-refractivity contribution in [2.45, 2.75) is 32.2 Å². The van der Waals surface area contributed by atoms with Gasteiger partial charge < -0.3 is 9.64 Å². The maximum Gasteiger partial charge on any atom is 0.229 e. The summed E-state index contributed by atoms with van der Waals surface area (Å²) in [7, 11) is 1.94. The number of amides is 1. The molecule has 0 radical (unpaired) electrons. The van der Waals surface area contributed by atoms with E-state index in [2.05, 4.69) is 13.0 Å². The van der Waals surface area contributed by atoms with Gasteiger partial charge in [0.1, 0.15) is 12.4 Å². The summed E-state index contributed by atoms with van der Waals surface area (Å²) in [6.45, 7) is 2.67. The van der Waals surface area contributed by atoms with Crippen LogP contribution in [0, 0.1) is 11.8 Å². The number of fused-ring (bicyclic) bond motifs is 1. The third-order valence-corrected chi connectivity index (χ3v) is 4.49. The van der Waals surface area contributed by atoms with E-state index in [9.17, 15) is 4.79 Å². The Morgan fingerprint density at radius 3 is 2.84 bits per heavy atom. The molecule has 0 spiro atoms. The molecule has 1 aromatic carbocycles. The van der Waals surface area contributed by atoms with Crippen LogP contribution in [0.2, 0.25) is 0 Å². The van der Waals surface area contributed by atoms with Gasteiger partial charge in [-0.25, -0.2) is 0 Å². The van der Waals surface area contributed by atoms with E-state index in [0.717, 1.165) is 17.7 Å². The number of hydrogen-bond donors (Lipinski definition) is 0. The highest BCUT2D eigenvalue weighted by Crippen LogP contribution is 2.35. The molecular formula is C16H21NO2. The highest BCUT2D eigenvalue weighted by molar-refractivity contribution is 5.80. The number of carbonyl (C=O) groups is 1. The summed E-state index contributed by atoms with van der Waals surface area (Å²) < 4.78 is 5.72. The molecule has 0 bridgehead atoms. The molecule has 1 aromatic rings. The maximum absolute atomic E-state index is 12.5. The molecular weight excluding hydrogens is 238 g/mol. The highest BCUT2D eigenvalue weighted by atomic mass is 16.5. The summed E-state index contributed by atoms with van der Waals surface area (Å²) in [4.78, 5) is 14.5. The largest absolute Gasteiger partial charge is 0.492 e. The summed E-state index contributed by atoms with van der Waals surface area (Å²) >= 11 is 0. The lowest BCUT2D eigenvalue weighted by Gasteiger charge is -2.31. The molecule has 0 N–H and O–H groups in total. The van der Waals surface area contributed by atoms with Gasteiger partial charge in [-0.3, -0.25) is 4.79 Å². The standard InChI is InChI=1S/C16H21NO2/c1-11(12-7-8-12)17(2)16(18)14-9-13-5-3-4-6-15(13)19-10-14/h3-6,11-12,14H,7-10H2,1-2H3/t11-,14-/m1/s1. The second kappa shape index (κ2) is 4.87. The van der Waals surface area contributed by atoms with Gasteiger partial charge in [0.2, 0.25) is 5.91 Å². The molecule has 19 heavy (non-hydrogen) atoms. The van der Waals surface area contributed by atoms with Gasteiger partial charge in [-0.15, -0.1) is 0 Å². The summed E-state index contributed by atoms with van der Waals surface area (Å²) in [6.07, 6.45) is 3.34. The first kappa shape index (κ1) is 12.5. The third-order valence-electron chi connectivity index (χ3n) is 4.49. The second-order valence-electron chi connectivity index (χ2n) is 5.85. The van der Waals surface area contributed by atoms with Gasteiger partial charge in [0, 0.05) is 13.1 Å². The monoisotopic (exact) mass is 259 g/mol. The van der Waals surface area contributed by atoms with E-state index in [1.165, 1.54) is 12.8 Å². The van der Waals surface area contributed by atoms with Crippen molar-refractivity contribution in [2.24, 2.45) is 11.8 Å². The first-order chi connectivity index (χ1) is 9.16. The number of carbonyl (C=O) groups excluding carboxylic acids is 1. The maximum atomic E-state index is 12.5. The van der Waals surface area contributed by atoms with E-state index < -0.39 is 0 Å². The van der Waals surface area contributed by atoms with Crippen LogP contribution in [0.5, 0.6) is 5.75 Å². The van der Waals surface area contributed by atoms with Gasteiger partial charge in [-0.1, -0.05) is 18.2 Å². The van der Waals surface area contributed by atoms with Crippen molar-refractivity contribution in [2.75, 3.05) is 13.7 Å². The Kier molecular flexibility index (Phi) is 3.21. The van der Waals surface area contributed by atoms with Gasteiger partial charge in [-0.05, 0) is 43.7 Å². The average molecular weight is 259 g/mol. The summed E-state index contributed by atoms with van der Waals surface area (Å²) in [5, 5.41) is 0. The molecule has 2 atom stereocenters. The molecule has 3 heteroatoms. The SMILES string of the molecule is C[C@H](C1CC1)N(C)C(=O)[C@H]1COc2ccccc2C1. The molecule has 0 saturated heterocycles. The topological polar surface area (TPSA) is 29.5 Å². The zero-order valence-electron chi connectivity index (χ0n) is 11.6. The van der Waals surface area contributed by atoms with Crippen molar-refractivity contribution in [1.82, 2.24) is 4.90 Å². The predicted octanol–water partition coefficient (Wildman–Crippen LogP) is 2.49. The Morgan fingerprint density at radius 1 is 1.37 bits per heavy atom. The number of benzene rings is 1. The van der Waals surface area contributed by atoms with Gasteiger partial charge in [0.05, 0.1) is 5.92 Å². The Balaban J connectivity index is 1.68. The first-order valence-electron chi connectivity index (χ1n) is 7.14. The van der Waals surface area contributed by atoms with Crippen molar-refractivity contribution in [3.05, 3.63) is 29.8 Å². The van der Waals surface area contributed by atoms with E-state index in [-0.39, 0.29) is 11.8 Å². The molecule has 3 nitrogen and oxygen atoms in total. The fourth-order valence-electron chi connectivity index (χ4n) is 2.87. The van der Waals surface area contributed by atoms with Crippen molar-refractivity contribution in [3.8, 4) is 5.75 Å². The molecule has 1 aliphatic heterocycles.